The molecule has 0 aliphatic heterocycles. The van der Waals surface area contributed by atoms with Crippen LogP contribution in [0.3, 0.4) is 0 Å². The van der Waals surface area contributed by atoms with Gasteiger partial charge in [0.1, 0.15) is 0 Å². The van der Waals surface area contributed by atoms with Crippen LogP contribution < -0.4 is 10.6 Å². The monoisotopic (exact) mass is 394 g/mol. The first-order chi connectivity index (χ1) is 13.1. The van der Waals surface area contributed by atoms with Gasteiger partial charge in [0, 0.05) is 18.3 Å². The van der Waals surface area contributed by atoms with Crippen LogP contribution in [0.1, 0.15) is 29.8 Å². The van der Waals surface area contributed by atoms with E-state index in [0.29, 0.717) is 5.69 Å². The summed E-state index contributed by atoms with van der Waals surface area (Å²) in [5.74, 6) is -1.71. The molecular weight excluding hydrogens is 377 g/mol. The van der Waals surface area contributed by atoms with Crippen molar-refractivity contribution in [2.24, 2.45) is 0 Å². The summed E-state index contributed by atoms with van der Waals surface area (Å²) in [6, 6.07) is 9.75. The van der Waals surface area contributed by atoms with Crippen molar-refractivity contribution < 1.29 is 32.3 Å². The number of carbonyl (C=O) groups excluding carboxylic acids is 3. The average molecular weight is 394 g/mol. The standard InChI is InChI=1S/C19H17F3N2O4/c1-11(17(26)24-16-9-5-14(6-10-16)19(20,21)22)28-18(27)13-3-7-15(8-4-13)23-12(2)25/h3-11H,1-2H3,(H,23,25)(H,24,26)/t11-/m0/s1. The molecule has 6 nitrogen and oxygen atoms in total. The first kappa shape index (κ1) is 20.9. The summed E-state index contributed by atoms with van der Waals surface area (Å²) in [5, 5.41) is 4.92. The van der Waals surface area contributed by atoms with Gasteiger partial charge in [0.25, 0.3) is 5.91 Å². The fraction of sp³-hybridized carbons (Fsp3) is 0.211. The number of anilines is 2. The number of alkyl halides is 3. The molecule has 2 N–H and O–H groups in total. The van der Waals surface area contributed by atoms with Gasteiger partial charge < -0.3 is 15.4 Å². The zero-order chi connectivity index (χ0) is 20.9. The van der Waals surface area contributed by atoms with Crippen molar-refractivity contribution in [2.75, 3.05) is 10.6 Å². The molecule has 0 saturated heterocycles. The van der Waals surface area contributed by atoms with Gasteiger partial charge in [0.05, 0.1) is 11.1 Å². The highest BCUT2D eigenvalue weighted by molar-refractivity contribution is 5.97. The number of hydrogen-bond acceptors (Lipinski definition) is 4. The number of rotatable bonds is 5. The smallest absolute Gasteiger partial charge is 0.416 e. The van der Waals surface area contributed by atoms with Crippen molar-refractivity contribution in [1.29, 1.82) is 0 Å². The highest BCUT2D eigenvalue weighted by atomic mass is 19.4. The maximum atomic E-state index is 12.5. The Morgan fingerprint density at radius 3 is 1.89 bits per heavy atom. The summed E-state index contributed by atoms with van der Waals surface area (Å²) >= 11 is 0. The lowest BCUT2D eigenvalue weighted by Crippen LogP contribution is -2.30. The van der Waals surface area contributed by atoms with E-state index in [1.165, 1.54) is 38.1 Å². The Hall–Kier alpha value is -3.36. The molecule has 2 aromatic rings. The topological polar surface area (TPSA) is 84.5 Å². The van der Waals surface area contributed by atoms with Gasteiger partial charge >= 0.3 is 12.1 Å². The third-order valence-corrected chi connectivity index (χ3v) is 3.57. The lowest BCUT2D eigenvalue weighted by molar-refractivity contribution is -0.137. The van der Waals surface area contributed by atoms with Crippen LogP contribution in [0.5, 0.6) is 0 Å². The second kappa shape index (κ2) is 8.55. The average Bonchev–Trinajstić information content (AvgIpc) is 2.61. The number of esters is 1. The summed E-state index contributed by atoms with van der Waals surface area (Å²) in [6.07, 6.45) is -5.65. The Morgan fingerprint density at radius 1 is 0.893 bits per heavy atom. The van der Waals surface area contributed by atoms with Crippen LogP contribution in [0.2, 0.25) is 0 Å². The minimum absolute atomic E-state index is 0.139. The summed E-state index contributed by atoms with van der Waals surface area (Å²) < 4.78 is 42.7. The SMILES string of the molecule is CC(=O)Nc1ccc(C(=O)O[C@@H](C)C(=O)Nc2ccc(C(F)(F)F)cc2)cc1. The van der Waals surface area contributed by atoms with Crippen LogP contribution in [0.4, 0.5) is 24.5 Å². The largest absolute Gasteiger partial charge is 0.449 e. The van der Waals surface area contributed by atoms with Gasteiger partial charge in [-0.25, -0.2) is 4.79 Å². The third kappa shape index (κ3) is 5.83. The van der Waals surface area contributed by atoms with Crippen molar-refractivity contribution in [2.45, 2.75) is 26.1 Å². The molecule has 0 spiro atoms. The van der Waals surface area contributed by atoms with E-state index in [2.05, 4.69) is 10.6 Å². The summed E-state index contributed by atoms with van der Waals surface area (Å²) in [6.45, 7) is 2.68. The molecule has 2 rings (SSSR count). The molecule has 0 heterocycles. The fourth-order valence-electron chi connectivity index (χ4n) is 2.16. The number of benzene rings is 2. The molecule has 0 saturated carbocycles. The highest BCUT2D eigenvalue weighted by Gasteiger charge is 2.30. The van der Waals surface area contributed by atoms with E-state index in [1.54, 1.807) is 0 Å². The molecule has 0 fully saturated rings. The lowest BCUT2D eigenvalue weighted by atomic mass is 10.2. The zero-order valence-corrected chi connectivity index (χ0v) is 15.0. The van der Waals surface area contributed by atoms with Gasteiger partial charge in [-0.2, -0.15) is 13.2 Å². The number of halogens is 3. The quantitative estimate of drug-likeness (QED) is 0.755. The maximum Gasteiger partial charge on any atom is 0.416 e. The second-order valence-electron chi connectivity index (χ2n) is 5.87. The molecule has 148 valence electrons. The van der Waals surface area contributed by atoms with Gasteiger partial charge in [-0.1, -0.05) is 0 Å². The number of carbonyl (C=O) groups is 3. The van der Waals surface area contributed by atoms with Crippen LogP contribution in [0.15, 0.2) is 48.5 Å². The van der Waals surface area contributed by atoms with Gasteiger partial charge in [0.2, 0.25) is 5.91 Å². The van der Waals surface area contributed by atoms with Crippen molar-refractivity contribution in [3.05, 3.63) is 59.7 Å². The van der Waals surface area contributed by atoms with Crippen molar-refractivity contribution >= 4 is 29.2 Å². The first-order valence-electron chi connectivity index (χ1n) is 8.13. The van der Waals surface area contributed by atoms with E-state index >= 15 is 0 Å². The van der Waals surface area contributed by atoms with E-state index in [1.807, 2.05) is 0 Å². The van der Waals surface area contributed by atoms with E-state index in [0.717, 1.165) is 24.3 Å². The Labute approximate surface area is 158 Å². The molecule has 1 atom stereocenters. The molecule has 2 aromatic carbocycles. The van der Waals surface area contributed by atoms with Gasteiger partial charge in [0.15, 0.2) is 6.10 Å². The molecule has 28 heavy (non-hydrogen) atoms. The Bertz CT molecular complexity index is 862. The van der Waals surface area contributed by atoms with Crippen LogP contribution in [-0.4, -0.2) is 23.9 Å². The molecular formula is C19H17F3N2O4. The highest BCUT2D eigenvalue weighted by Crippen LogP contribution is 2.29. The predicted molar refractivity (Wildman–Crippen MR) is 95.7 cm³/mol. The van der Waals surface area contributed by atoms with Gasteiger partial charge in [-0.3, -0.25) is 9.59 Å². The maximum absolute atomic E-state index is 12.5. The molecule has 9 heteroatoms. The second-order valence-corrected chi connectivity index (χ2v) is 5.87. The van der Waals surface area contributed by atoms with Gasteiger partial charge in [-0.05, 0) is 55.5 Å². The fourth-order valence-corrected chi connectivity index (χ4v) is 2.16. The summed E-state index contributed by atoms with van der Waals surface area (Å²) in [5.41, 5.74) is -0.0336. The Morgan fingerprint density at radius 2 is 1.39 bits per heavy atom. The molecule has 0 unspecified atom stereocenters. The van der Waals surface area contributed by atoms with Crippen LogP contribution in [0, 0.1) is 0 Å². The number of amides is 2. The molecule has 0 radical (unpaired) electrons. The summed E-state index contributed by atoms with van der Waals surface area (Å²) in [7, 11) is 0. The molecule has 2 amide bonds. The van der Waals surface area contributed by atoms with E-state index in [9.17, 15) is 27.6 Å². The van der Waals surface area contributed by atoms with E-state index < -0.39 is 29.7 Å². The van der Waals surface area contributed by atoms with Crippen LogP contribution in [0.25, 0.3) is 0 Å². The Balaban J connectivity index is 1.94. The van der Waals surface area contributed by atoms with Crippen molar-refractivity contribution in [1.82, 2.24) is 0 Å². The van der Waals surface area contributed by atoms with Crippen LogP contribution in [-0.2, 0) is 20.5 Å². The number of ether oxygens (including phenoxy) is 1. The van der Waals surface area contributed by atoms with Crippen molar-refractivity contribution in [3.8, 4) is 0 Å². The van der Waals surface area contributed by atoms with Crippen LogP contribution >= 0.6 is 0 Å². The zero-order valence-electron chi connectivity index (χ0n) is 15.0. The molecule has 0 aliphatic carbocycles. The predicted octanol–water partition coefficient (Wildman–Crippen LogP) is 3.85. The molecule has 0 aromatic heterocycles. The molecule has 0 bridgehead atoms. The number of nitrogens with one attached hydrogen (secondary N) is 2. The minimum Gasteiger partial charge on any atom is -0.449 e. The van der Waals surface area contributed by atoms with Gasteiger partial charge in [-0.15, -0.1) is 0 Å². The van der Waals surface area contributed by atoms with E-state index in [-0.39, 0.29) is 17.2 Å². The van der Waals surface area contributed by atoms with Crippen molar-refractivity contribution in [3.63, 3.8) is 0 Å². The minimum atomic E-state index is -4.47. The third-order valence-electron chi connectivity index (χ3n) is 3.57. The first-order valence-corrected chi connectivity index (χ1v) is 8.13. The van der Waals surface area contributed by atoms with E-state index in [4.69, 9.17) is 4.74 Å². The summed E-state index contributed by atoms with van der Waals surface area (Å²) in [4.78, 5) is 35.1. The number of hydrogen-bond donors (Lipinski definition) is 2. The Kier molecular flexibility index (Phi) is 6.40. The lowest BCUT2D eigenvalue weighted by Gasteiger charge is -2.14. The molecule has 0 aliphatic rings. The normalized spacial score (nSPS) is 12.0.